The molecule has 1 saturated heterocycles. The van der Waals surface area contributed by atoms with E-state index in [1.807, 2.05) is 47.6 Å². The first-order valence-corrected chi connectivity index (χ1v) is 9.77. The van der Waals surface area contributed by atoms with Crippen LogP contribution in [-0.4, -0.2) is 51.1 Å². The molecular formula is C22H22N4O3. The minimum absolute atomic E-state index is 0.0298. The lowest BCUT2D eigenvalue weighted by atomic mass is 9.98. The summed E-state index contributed by atoms with van der Waals surface area (Å²) in [5.41, 5.74) is 2.24. The Bertz CT molecular complexity index is 1030. The van der Waals surface area contributed by atoms with E-state index >= 15 is 0 Å². The molecule has 1 fully saturated rings. The van der Waals surface area contributed by atoms with E-state index in [-0.39, 0.29) is 18.4 Å². The first-order valence-electron chi connectivity index (χ1n) is 9.77. The van der Waals surface area contributed by atoms with E-state index in [0.29, 0.717) is 24.6 Å². The summed E-state index contributed by atoms with van der Waals surface area (Å²) < 4.78 is 13.7. The number of benzene rings is 1. The van der Waals surface area contributed by atoms with Crippen LogP contribution in [0.15, 0.2) is 55.0 Å². The third-order valence-corrected chi connectivity index (χ3v) is 5.49. The molecule has 29 heavy (non-hydrogen) atoms. The molecule has 0 saturated carbocycles. The predicted molar refractivity (Wildman–Crippen MR) is 106 cm³/mol. The van der Waals surface area contributed by atoms with Crippen molar-refractivity contribution in [3.63, 3.8) is 0 Å². The van der Waals surface area contributed by atoms with Gasteiger partial charge in [-0.25, -0.2) is 4.98 Å². The third kappa shape index (κ3) is 3.33. The average molecular weight is 390 g/mol. The molecule has 3 aromatic rings. The van der Waals surface area contributed by atoms with Crippen LogP contribution in [-0.2, 0) is 11.3 Å². The van der Waals surface area contributed by atoms with Crippen LogP contribution in [0.4, 0.5) is 0 Å². The number of carbonyl (C=O) groups excluding carboxylic acids is 1. The molecule has 0 spiro atoms. The van der Waals surface area contributed by atoms with Gasteiger partial charge >= 0.3 is 0 Å². The van der Waals surface area contributed by atoms with Crippen LogP contribution in [0.1, 0.15) is 23.0 Å². The van der Waals surface area contributed by atoms with Crippen LogP contribution < -0.4 is 9.47 Å². The van der Waals surface area contributed by atoms with Gasteiger partial charge in [0.05, 0.1) is 12.5 Å². The normalized spacial score (nSPS) is 18.4. The molecule has 1 atom stereocenters. The Labute approximate surface area is 168 Å². The molecule has 148 valence electrons. The van der Waals surface area contributed by atoms with Crippen molar-refractivity contribution in [3.8, 4) is 11.5 Å². The number of fused-ring (bicyclic) bond motifs is 1. The van der Waals surface area contributed by atoms with Crippen LogP contribution in [0.2, 0.25) is 0 Å². The minimum atomic E-state index is -0.595. The van der Waals surface area contributed by atoms with Gasteiger partial charge in [0.15, 0.2) is 11.5 Å². The summed E-state index contributed by atoms with van der Waals surface area (Å²) in [6.07, 6.45) is 4.95. The van der Waals surface area contributed by atoms with E-state index in [1.54, 1.807) is 6.20 Å². The number of likely N-dealkylation sites (tertiary alicyclic amines) is 1. The number of hydrogen-bond donors (Lipinski definition) is 0. The summed E-state index contributed by atoms with van der Waals surface area (Å²) in [6, 6.07) is 11.4. The fourth-order valence-electron chi connectivity index (χ4n) is 3.85. The number of pyridine rings is 1. The molecule has 1 amide bonds. The third-order valence-electron chi connectivity index (χ3n) is 5.49. The number of aromatic nitrogens is 3. The van der Waals surface area contributed by atoms with Gasteiger partial charge in [0.2, 0.25) is 6.10 Å². The maximum absolute atomic E-state index is 12.8. The molecule has 2 aliphatic rings. The zero-order chi connectivity index (χ0) is 19.8. The molecule has 0 radical (unpaired) electrons. The van der Waals surface area contributed by atoms with Crippen molar-refractivity contribution in [2.24, 2.45) is 0 Å². The van der Waals surface area contributed by atoms with Crippen LogP contribution in [0.25, 0.3) is 0 Å². The summed E-state index contributed by atoms with van der Waals surface area (Å²) in [5, 5.41) is 0. The second-order valence-corrected chi connectivity index (χ2v) is 7.51. The van der Waals surface area contributed by atoms with E-state index in [9.17, 15) is 4.79 Å². The maximum atomic E-state index is 12.8. The number of ether oxygens (including phenoxy) is 2. The summed E-state index contributed by atoms with van der Waals surface area (Å²) in [4.78, 5) is 23.5. The molecule has 0 bridgehead atoms. The molecule has 5 rings (SSSR count). The standard InChI is InChI=1S/C22H22N4O3/c1-15-9-24-21(26(15)11-16-5-4-8-23-10-16)17-12-25(13-17)22(27)20-14-28-18-6-2-3-7-19(18)29-20/h2-10,17,20H,11-14H2,1H3. The van der Waals surface area contributed by atoms with Crippen molar-refractivity contribution in [3.05, 3.63) is 72.1 Å². The van der Waals surface area contributed by atoms with Crippen LogP contribution in [0.5, 0.6) is 11.5 Å². The van der Waals surface area contributed by atoms with Gasteiger partial charge < -0.3 is 18.9 Å². The zero-order valence-electron chi connectivity index (χ0n) is 16.2. The van der Waals surface area contributed by atoms with Crippen LogP contribution in [0, 0.1) is 6.92 Å². The number of rotatable bonds is 4. The van der Waals surface area contributed by atoms with Crippen molar-refractivity contribution in [2.75, 3.05) is 19.7 Å². The van der Waals surface area contributed by atoms with Crippen molar-refractivity contribution in [2.45, 2.75) is 25.5 Å². The van der Waals surface area contributed by atoms with Gasteiger partial charge in [-0.1, -0.05) is 18.2 Å². The molecule has 1 aromatic carbocycles. The van der Waals surface area contributed by atoms with E-state index < -0.39 is 6.10 Å². The van der Waals surface area contributed by atoms with E-state index in [4.69, 9.17) is 9.47 Å². The Balaban J connectivity index is 1.24. The lowest BCUT2D eigenvalue weighted by Crippen LogP contribution is -2.55. The molecule has 0 N–H and O–H groups in total. The summed E-state index contributed by atoms with van der Waals surface area (Å²) in [7, 11) is 0. The van der Waals surface area contributed by atoms with Crippen molar-refractivity contribution < 1.29 is 14.3 Å². The Hall–Kier alpha value is -3.35. The van der Waals surface area contributed by atoms with Gasteiger partial charge in [0.1, 0.15) is 12.4 Å². The van der Waals surface area contributed by atoms with E-state index in [2.05, 4.69) is 27.5 Å². The van der Waals surface area contributed by atoms with Crippen molar-refractivity contribution in [1.82, 2.24) is 19.4 Å². The highest BCUT2D eigenvalue weighted by molar-refractivity contribution is 5.83. The van der Waals surface area contributed by atoms with Gasteiger partial charge in [-0.15, -0.1) is 0 Å². The molecular weight excluding hydrogens is 368 g/mol. The summed E-state index contributed by atoms with van der Waals surface area (Å²) in [5.74, 6) is 2.52. The van der Waals surface area contributed by atoms with E-state index in [1.165, 1.54) is 0 Å². The van der Waals surface area contributed by atoms with Crippen molar-refractivity contribution >= 4 is 5.91 Å². The molecule has 2 aromatic heterocycles. The number of aryl methyl sites for hydroxylation is 1. The highest BCUT2D eigenvalue weighted by Gasteiger charge is 2.39. The highest BCUT2D eigenvalue weighted by atomic mass is 16.6. The monoisotopic (exact) mass is 390 g/mol. The number of imidazole rings is 1. The highest BCUT2D eigenvalue weighted by Crippen LogP contribution is 2.33. The number of amides is 1. The molecule has 1 unspecified atom stereocenters. The Morgan fingerprint density at radius 3 is 2.76 bits per heavy atom. The first-order chi connectivity index (χ1) is 14.2. The lowest BCUT2D eigenvalue weighted by Gasteiger charge is -2.41. The van der Waals surface area contributed by atoms with Crippen molar-refractivity contribution in [1.29, 1.82) is 0 Å². The maximum Gasteiger partial charge on any atom is 0.267 e. The summed E-state index contributed by atoms with van der Waals surface area (Å²) in [6.45, 7) is 4.31. The first kappa shape index (κ1) is 17.7. The Morgan fingerprint density at radius 1 is 1.14 bits per heavy atom. The van der Waals surface area contributed by atoms with Gasteiger partial charge in [-0.3, -0.25) is 9.78 Å². The van der Waals surface area contributed by atoms with E-state index in [0.717, 1.165) is 23.6 Å². The van der Waals surface area contributed by atoms with Gasteiger partial charge in [0.25, 0.3) is 5.91 Å². The number of carbonyl (C=O) groups is 1. The molecule has 7 heteroatoms. The fourth-order valence-corrected chi connectivity index (χ4v) is 3.85. The van der Waals surface area contributed by atoms with Gasteiger partial charge in [0, 0.05) is 37.4 Å². The SMILES string of the molecule is Cc1cnc(C2CN(C(=O)C3COc4ccccc4O3)C2)n1Cc1cccnc1. The topological polar surface area (TPSA) is 69.5 Å². The second kappa shape index (κ2) is 7.24. The molecule has 2 aliphatic heterocycles. The number of nitrogens with zero attached hydrogens (tertiary/aromatic N) is 4. The molecule has 7 nitrogen and oxygen atoms in total. The number of para-hydroxylation sites is 2. The molecule has 0 aliphatic carbocycles. The largest absolute Gasteiger partial charge is 0.485 e. The van der Waals surface area contributed by atoms with Crippen LogP contribution >= 0.6 is 0 Å². The lowest BCUT2D eigenvalue weighted by molar-refractivity contribution is -0.146. The number of hydrogen-bond acceptors (Lipinski definition) is 5. The quantitative estimate of drug-likeness (QED) is 0.684. The van der Waals surface area contributed by atoms with Gasteiger partial charge in [-0.05, 0) is 30.7 Å². The van der Waals surface area contributed by atoms with Crippen LogP contribution in [0.3, 0.4) is 0 Å². The zero-order valence-corrected chi connectivity index (χ0v) is 16.2. The predicted octanol–water partition coefficient (Wildman–Crippen LogP) is 2.40. The molecule has 4 heterocycles. The summed E-state index contributed by atoms with van der Waals surface area (Å²) >= 11 is 0. The fraction of sp³-hybridized carbons (Fsp3) is 0.318. The smallest absolute Gasteiger partial charge is 0.267 e. The Kier molecular flexibility index (Phi) is 4.42. The Morgan fingerprint density at radius 2 is 1.97 bits per heavy atom. The average Bonchev–Trinajstić information content (AvgIpc) is 3.07. The second-order valence-electron chi connectivity index (χ2n) is 7.51. The minimum Gasteiger partial charge on any atom is -0.485 e. The van der Waals surface area contributed by atoms with Gasteiger partial charge in [-0.2, -0.15) is 0 Å².